The Morgan fingerprint density at radius 3 is 2.80 bits per heavy atom. The summed E-state index contributed by atoms with van der Waals surface area (Å²) in [5.74, 6) is 0.224. The Kier molecular flexibility index (Phi) is 5.27. The minimum atomic E-state index is -0.224. The van der Waals surface area contributed by atoms with Crippen LogP contribution in [0.1, 0.15) is 26.7 Å². The third-order valence-corrected chi connectivity index (χ3v) is 5.87. The zero-order chi connectivity index (χ0) is 17.9. The lowest BCUT2D eigenvalue weighted by atomic mass is 9.86. The van der Waals surface area contributed by atoms with Crippen molar-refractivity contribution in [1.82, 2.24) is 15.1 Å². The van der Waals surface area contributed by atoms with Gasteiger partial charge in [-0.15, -0.1) is 16.9 Å². The predicted octanol–water partition coefficient (Wildman–Crippen LogP) is 4.02. The van der Waals surface area contributed by atoms with Gasteiger partial charge in [0, 0.05) is 22.7 Å². The van der Waals surface area contributed by atoms with Gasteiger partial charge >= 0.3 is 12.0 Å². The second kappa shape index (κ2) is 7.43. The van der Waals surface area contributed by atoms with Gasteiger partial charge in [0.25, 0.3) is 0 Å². The van der Waals surface area contributed by atoms with E-state index in [1.807, 2.05) is 6.07 Å². The lowest BCUT2D eigenvalue weighted by molar-refractivity contribution is 0.172. The fourth-order valence-electron chi connectivity index (χ4n) is 3.09. The van der Waals surface area contributed by atoms with Crippen LogP contribution in [-0.4, -0.2) is 39.0 Å². The van der Waals surface area contributed by atoms with Crippen LogP contribution in [0.3, 0.4) is 0 Å². The van der Waals surface area contributed by atoms with Gasteiger partial charge < -0.3 is 9.32 Å². The summed E-state index contributed by atoms with van der Waals surface area (Å²) in [5.41, 5.74) is 0. The molecule has 1 aliphatic rings. The van der Waals surface area contributed by atoms with Gasteiger partial charge in [-0.3, -0.25) is 5.32 Å². The van der Waals surface area contributed by atoms with Gasteiger partial charge in [0.15, 0.2) is 0 Å². The first-order valence-electron chi connectivity index (χ1n) is 8.21. The summed E-state index contributed by atoms with van der Waals surface area (Å²) in [6.45, 7) is 5.69. The van der Waals surface area contributed by atoms with Crippen molar-refractivity contribution in [1.29, 1.82) is 0 Å². The standard InChI is InChI=1S/C17H21FN4O2S/c1-17(2,25-14-5-3-4-13(18)10-14)12-6-8-22(9-7-12)16(23)20-15-21-19-11-24-15/h3-5,10-12H,6-9H2,1-2H3,(H,20,21,23). The highest BCUT2D eigenvalue weighted by Gasteiger charge is 2.34. The van der Waals surface area contributed by atoms with Crippen molar-refractivity contribution in [2.24, 2.45) is 5.92 Å². The molecule has 0 atom stereocenters. The number of aromatic nitrogens is 2. The number of hydrogen-bond acceptors (Lipinski definition) is 5. The average Bonchev–Trinajstić information content (AvgIpc) is 3.07. The van der Waals surface area contributed by atoms with Gasteiger partial charge in [0.2, 0.25) is 6.39 Å². The zero-order valence-electron chi connectivity index (χ0n) is 14.2. The van der Waals surface area contributed by atoms with Gasteiger partial charge in [-0.05, 0) is 37.0 Å². The molecule has 0 bridgehead atoms. The number of likely N-dealkylation sites (tertiary alicyclic amines) is 1. The molecular weight excluding hydrogens is 343 g/mol. The number of piperidine rings is 1. The first kappa shape index (κ1) is 17.7. The van der Waals surface area contributed by atoms with Crippen LogP contribution in [0.15, 0.2) is 40.0 Å². The molecule has 2 heterocycles. The van der Waals surface area contributed by atoms with Gasteiger partial charge in [-0.25, -0.2) is 9.18 Å². The minimum Gasteiger partial charge on any atom is -0.411 e. The Labute approximate surface area is 150 Å². The number of anilines is 1. The van der Waals surface area contributed by atoms with Crippen LogP contribution >= 0.6 is 11.8 Å². The summed E-state index contributed by atoms with van der Waals surface area (Å²) >= 11 is 1.69. The van der Waals surface area contributed by atoms with Crippen molar-refractivity contribution >= 4 is 23.8 Å². The van der Waals surface area contributed by atoms with Crippen LogP contribution < -0.4 is 5.32 Å². The summed E-state index contributed by atoms with van der Waals surface area (Å²) in [7, 11) is 0. The molecule has 1 aromatic heterocycles. The van der Waals surface area contributed by atoms with Crippen molar-refractivity contribution < 1.29 is 13.6 Å². The Morgan fingerprint density at radius 1 is 1.40 bits per heavy atom. The Bertz CT molecular complexity index is 715. The third-order valence-electron chi connectivity index (χ3n) is 4.52. The fraction of sp³-hybridized carbons (Fsp3) is 0.471. The van der Waals surface area contributed by atoms with Crippen LogP contribution in [0.4, 0.5) is 15.2 Å². The first-order chi connectivity index (χ1) is 11.9. The van der Waals surface area contributed by atoms with Crippen molar-refractivity contribution in [3.63, 3.8) is 0 Å². The van der Waals surface area contributed by atoms with Crippen molar-refractivity contribution in [2.45, 2.75) is 36.3 Å². The molecule has 1 aliphatic heterocycles. The Morgan fingerprint density at radius 2 is 2.16 bits per heavy atom. The topological polar surface area (TPSA) is 71.3 Å². The van der Waals surface area contributed by atoms with Crippen molar-refractivity contribution in [2.75, 3.05) is 18.4 Å². The molecule has 1 N–H and O–H groups in total. The second-order valence-corrected chi connectivity index (χ2v) is 8.33. The molecule has 0 spiro atoms. The molecule has 6 nitrogen and oxygen atoms in total. The maximum atomic E-state index is 13.4. The molecule has 1 aromatic carbocycles. The second-order valence-electron chi connectivity index (χ2n) is 6.60. The largest absolute Gasteiger partial charge is 0.411 e. The number of nitrogens with one attached hydrogen (secondary N) is 1. The van der Waals surface area contributed by atoms with Gasteiger partial charge in [0.05, 0.1) is 0 Å². The number of thioether (sulfide) groups is 1. The monoisotopic (exact) mass is 364 g/mol. The summed E-state index contributed by atoms with van der Waals surface area (Å²) in [5, 5.41) is 9.77. The minimum absolute atomic E-state index is 0.0388. The summed E-state index contributed by atoms with van der Waals surface area (Å²) in [6.07, 6.45) is 2.97. The van der Waals surface area contributed by atoms with Gasteiger partial charge in [-0.2, -0.15) is 0 Å². The molecule has 0 saturated carbocycles. The SMILES string of the molecule is CC(C)(Sc1cccc(F)c1)C1CCN(C(=O)Nc2nnco2)CC1. The highest BCUT2D eigenvalue weighted by atomic mass is 32.2. The van der Waals surface area contributed by atoms with Crippen LogP contribution in [-0.2, 0) is 0 Å². The van der Waals surface area contributed by atoms with E-state index in [4.69, 9.17) is 4.42 Å². The Balaban J connectivity index is 1.54. The molecule has 0 aliphatic carbocycles. The van der Waals surface area contributed by atoms with Crippen LogP contribution in [0, 0.1) is 11.7 Å². The number of urea groups is 1. The number of carbonyl (C=O) groups excluding carboxylic acids is 1. The normalized spacial score (nSPS) is 16.0. The molecular formula is C17H21FN4O2S. The lowest BCUT2D eigenvalue weighted by Crippen LogP contribution is -2.44. The molecule has 3 rings (SSSR count). The number of nitrogens with zero attached hydrogens (tertiary/aromatic N) is 3. The molecule has 1 saturated heterocycles. The van der Waals surface area contributed by atoms with Crippen molar-refractivity contribution in [3.05, 3.63) is 36.5 Å². The van der Waals surface area contributed by atoms with E-state index in [1.165, 1.54) is 12.5 Å². The average molecular weight is 364 g/mol. The molecule has 1 fully saturated rings. The number of rotatable bonds is 4. The van der Waals surface area contributed by atoms with Crippen LogP contribution in [0.2, 0.25) is 0 Å². The van der Waals surface area contributed by atoms with E-state index in [1.54, 1.807) is 28.8 Å². The maximum absolute atomic E-state index is 13.4. The number of amides is 2. The molecule has 2 aromatic rings. The smallest absolute Gasteiger partial charge is 0.325 e. The number of benzene rings is 1. The zero-order valence-corrected chi connectivity index (χ0v) is 15.1. The van der Waals surface area contributed by atoms with Crippen LogP contribution in [0.25, 0.3) is 0 Å². The van der Waals surface area contributed by atoms with E-state index in [2.05, 4.69) is 29.4 Å². The number of halogens is 1. The maximum Gasteiger partial charge on any atom is 0.325 e. The number of hydrogen-bond donors (Lipinski definition) is 1. The van der Waals surface area contributed by atoms with Crippen molar-refractivity contribution in [3.8, 4) is 0 Å². The molecule has 8 heteroatoms. The van der Waals surface area contributed by atoms with Gasteiger partial charge in [-0.1, -0.05) is 25.0 Å². The first-order valence-corrected chi connectivity index (χ1v) is 9.02. The Hall–Kier alpha value is -2.09. The highest BCUT2D eigenvalue weighted by molar-refractivity contribution is 8.00. The van der Waals surface area contributed by atoms with E-state index in [9.17, 15) is 9.18 Å². The quantitative estimate of drug-likeness (QED) is 0.830. The molecule has 134 valence electrons. The molecule has 2 amide bonds. The summed E-state index contributed by atoms with van der Waals surface area (Å²) < 4.78 is 18.3. The summed E-state index contributed by atoms with van der Waals surface area (Å²) in [6, 6.07) is 6.57. The fourth-order valence-corrected chi connectivity index (χ4v) is 4.42. The predicted molar refractivity (Wildman–Crippen MR) is 93.9 cm³/mol. The van der Waals surface area contributed by atoms with E-state index in [-0.39, 0.29) is 22.6 Å². The molecule has 25 heavy (non-hydrogen) atoms. The molecule has 0 unspecified atom stereocenters. The van der Waals surface area contributed by atoms with Crippen LogP contribution in [0.5, 0.6) is 0 Å². The third kappa shape index (κ3) is 4.50. The van der Waals surface area contributed by atoms with E-state index in [0.29, 0.717) is 19.0 Å². The number of carbonyl (C=O) groups is 1. The van der Waals surface area contributed by atoms with E-state index >= 15 is 0 Å². The van der Waals surface area contributed by atoms with E-state index in [0.717, 1.165) is 17.7 Å². The molecule has 0 radical (unpaired) electrons. The highest BCUT2D eigenvalue weighted by Crippen LogP contribution is 2.42. The van der Waals surface area contributed by atoms with E-state index < -0.39 is 0 Å². The van der Waals surface area contributed by atoms with Gasteiger partial charge in [0.1, 0.15) is 5.82 Å². The summed E-state index contributed by atoms with van der Waals surface area (Å²) in [4.78, 5) is 14.9. The lowest BCUT2D eigenvalue weighted by Gasteiger charge is -2.40.